The molecule has 0 aliphatic rings. The van der Waals surface area contributed by atoms with Gasteiger partial charge in [0.1, 0.15) is 22.3 Å². The summed E-state index contributed by atoms with van der Waals surface area (Å²) >= 11 is 0. The number of para-hydroxylation sites is 1. The zero-order valence-electron chi connectivity index (χ0n) is 25.6. The van der Waals surface area contributed by atoms with Crippen molar-refractivity contribution in [3.8, 4) is 45.3 Å². The summed E-state index contributed by atoms with van der Waals surface area (Å²) in [5.41, 5.74) is 8.02. The molecule has 0 aliphatic heterocycles. The Labute approximate surface area is 274 Å². The van der Waals surface area contributed by atoms with Crippen molar-refractivity contribution < 1.29 is 8.83 Å². The van der Waals surface area contributed by atoms with Gasteiger partial charge in [0, 0.05) is 43.6 Å². The third kappa shape index (κ3) is 4.22. The van der Waals surface area contributed by atoms with E-state index >= 15 is 0 Å². The summed E-state index contributed by atoms with van der Waals surface area (Å²) in [6, 6.07) is 51.6. The summed E-state index contributed by atoms with van der Waals surface area (Å²) in [6.45, 7) is 0. The van der Waals surface area contributed by atoms with E-state index in [1.807, 2.05) is 84.9 Å². The average Bonchev–Trinajstić information content (AvgIpc) is 3.73. The standard InChI is InChI=1S/C43H25N3O2/c1-3-12-27(13-4-1)41-44-42(28-14-5-2-6-15-28)46-43(45-41)35-23-30(29-20-21-33-32-17-9-10-18-36(32)47-37(33)24-29)25-38-39(35)34-22-19-26-11-7-8-16-31(26)40(34)48-38/h1-25H. The van der Waals surface area contributed by atoms with Gasteiger partial charge in [-0.1, -0.05) is 115 Å². The van der Waals surface area contributed by atoms with E-state index in [9.17, 15) is 0 Å². The molecule has 0 aliphatic carbocycles. The minimum Gasteiger partial charge on any atom is -0.456 e. The smallest absolute Gasteiger partial charge is 0.164 e. The zero-order chi connectivity index (χ0) is 31.6. The Hall–Kier alpha value is -6.59. The van der Waals surface area contributed by atoms with Gasteiger partial charge in [0.15, 0.2) is 17.5 Å². The molecule has 3 aromatic heterocycles. The van der Waals surface area contributed by atoms with Gasteiger partial charge in [-0.15, -0.1) is 0 Å². The monoisotopic (exact) mass is 615 g/mol. The summed E-state index contributed by atoms with van der Waals surface area (Å²) in [5, 5.41) is 6.36. The summed E-state index contributed by atoms with van der Waals surface area (Å²) in [7, 11) is 0. The summed E-state index contributed by atoms with van der Waals surface area (Å²) < 4.78 is 13.0. The second kappa shape index (κ2) is 10.5. The number of rotatable bonds is 4. The minimum absolute atomic E-state index is 0.579. The third-order valence-corrected chi connectivity index (χ3v) is 9.12. The van der Waals surface area contributed by atoms with Gasteiger partial charge in [-0.2, -0.15) is 0 Å². The van der Waals surface area contributed by atoms with Crippen molar-refractivity contribution in [1.82, 2.24) is 15.0 Å². The lowest BCUT2D eigenvalue weighted by atomic mass is 9.96. The number of hydrogen-bond donors (Lipinski definition) is 0. The average molecular weight is 616 g/mol. The van der Waals surface area contributed by atoms with E-state index < -0.39 is 0 Å². The number of aromatic nitrogens is 3. The predicted octanol–water partition coefficient (Wildman–Crippen LogP) is 11.5. The van der Waals surface area contributed by atoms with E-state index in [0.29, 0.717) is 17.5 Å². The third-order valence-electron chi connectivity index (χ3n) is 9.12. The lowest BCUT2D eigenvalue weighted by molar-refractivity contribution is 0.669. The molecule has 5 nitrogen and oxygen atoms in total. The highest BCUT2D eigenvalue weighted by Crippen LogP contribution is 2.42. The van der Waals surface area contributed by atoms with Crippen molar-refractivity contribution in [3.05, 3.63) is 152 Å². The van der Waals surface area contributed by atoms with Crippen LogP contribution >= 0.6 is 0 Å². The first kappa shape index (κ1) is 26.6. The van der Waals surface area contributed by atoms with Gasteiger partial charge < -0.3 is 8.83 Å². The molecule has 48 heavy (non-hydrogen) atoms. The van der Waals surface area contributed by atoms with E-state index in [2.05, 4.69) is 66.7 Å². The van der Waals surface area contributed by atoms with Crippen molar-refractivity contribution in [3.63, 3.8) is 0 Å². The maximum atomic E-state index is 6.76. The first-order valence-corrected chi connectivity index (χ1v) is 15.9. The molecule has 0 saturated heterocycles. The molecule has 5 heteroatoms. The first-order valence-electron chi connectivity index (χ1n) is 15.9. The maximum absolute atomic E-state index is 6.76. The topological polar surface area (TPSA) is 65.0 Å². The van der Waals surface area contributed by atoms with E-state index in [1.54, 1.807) is 0 Å². The molecule has 0 amide bonds. The van der Waals surface area contributed by atoms with Crippen LogP contribution in [0.15, 0.2) is 160 Å². The Morgan fingerprint density at radius 1 is 0.354 bits per heavy atom. The Kier molecular flexibility index (Phi) is 5.81. The summed E-state index contributed by atoms with van der Waals surface area (Å²) in [4.78, 5) is 15.2. The molecule has 3 heterocycles. The van der Waals surface area contributed by atoms with Crippen LogP contribution in [0.5, 0.6) is 0 Å². The number of fused-ring (bicyclic) bond motifs is 8. The molecular formula is C43H25N3O2. The molecule has 0 spiro atoms. The molecule has 10 rings (SSSR count). The van der Waals surface area contributed by atoms with Gasteiger partial charge in [0.25, 0.3) is 0 Å². The van der Waals surface area contributed by atoms with Crippen molar-refractivity contribution in [2.45, 2.75) is 0 Å². The summed E-state index contributed by atoms with van der Waals surface area (Å²) in [6.07, 6.45) is 0. The maximum Gasteiger partial charge on any atom is 0.164 e. The van der Waals surface area contributed by atoms with Gasteiger partial charge in [0.2, 0.25) is 0 Å². The fourth-order valence-corrected chi connectivity index (χ4v) is 6.81. The normalized spacial score (nSPS) is 11.8. The van der Waals surface area contributed by atoms with Crippen LogP contribution in [0.1, 0.15) is 0 Å². The highest BCUT2D eigenvalue weighted by atomic mass is 16.3. The van der Waals surface area contributed by atoms with Crippen LogP contribution in [0.25, 0.3) is 99.9 Å². The van der Waals surface area contributed by atoms with Gasteiger partial charge in [-0.3, -0.25) is 0 Å². The largest absolute Gasteiger partial charge is 0.456 e. The number of benzene rings is 7. The Morgan fingerprint density at radius 3 is 1.73 bits per heavy atom. The SMILES string of the molecule is c1ccc(-c2nc(-c3ccccc3)nc(-c3cc(-c4ccc5c(c4)oc4ccccc45)cc4oc5c6ccccc6ccc5c34)n2)cc1. The van der Waals surface area contributed by atoms with Crippen LogP contribution in [0.3, 0.4) is 0 Å². The van der Waals surface area contributed by atoms with Gasteiger partial charge in [-0.05, 0) is 52.9 Å². The van der Waals surface area contributed by atoms with Crippen LogP contribution < -0.4 is 0 Å². The van der Waals surface area contributed by atoms with Crippen LogP contribution in [0, 0.1) is 0 Å². The Balaban J connectivity index is 1.28. The molecule has 7 aromatic carbocycles. The molecule has 0 radical (unpaired) electrons. The van der Waals surface area contributed by atoms with E-state index in [-0.39, 0.29) is 0 Å². The quantitative estimate of drug-likeness (QED) is 0.197. The molecular weight excluding hydrogens is 590 g/mol. The lowest BCUT2D eigenvalue weighted by Gasteiger charge is -2.11. The van der Waals surface area contributed by atoms with Crippen molar-refractivity contribution >= 4 is 54.6 Å². The fraction of sp³-hybridized carbons (Fsp3) is 0. The molecule has 10 aromatic rings. The van der Waals surface area contributed by atoms with Crippen molar-refractivity contribution in [1.29, 1.82) is 0 Å². The zero-order valence-corrected chi connectivity index (χ0v) is 25.6. The number of furan rings is 2. The van der Waals surface area contributed by atoms with Crippen LogP contribution in [0.4, 0.5) is 0 Å². The van der Waals surface area contributed by atoms with Gasteiger partial charge >= 0.3 is 0 Å². The molecule has 0 N–H and O–H groups in total. The fourth-order valence-electron chi connectivity index (χ4n) is 6.81. The van der Waals surface area contributed by atoms with Gasteiger partial charge in [-0.25, -0.2) is 15.0 Å². The number of hydrogen-bond acceptors (Lipinski definition) is 5. The molecule has 0 atom stereocenters. The molecule has 0 bridgehead atoms. The minimum atomic E-state index is 0.579. The summed E-state index contributed by atoms with van der Waals surface area (Å²) in [5.74, 6) is 1.80. The van der Waals surface area contributed by atoms with Crippen LogP contribution in [-0.2, 0) is 0 Å². The van der Waals surface area contributed by atoms with Crippen molar-refractivity contribution in [2.24, 2.45) is 0 Å². The second-order valence-electron chi connectivity index (χ2n) is 12.0. The van der Waals surface area contributed by atoms with Crippen LogP contribution in [0.2, 0.25) is 0 Å². The molecule has 0 unspecified atom stereocenters. The van der Waals surface area contributed by atoms with E-state index in [0.717, 1.165) is 82.5 Å². The van der Waals surface area contributed by atoms with Crippen molar-refractivity contribution in [2.75, 3.05) is 0 Å². The van der Waals surface area contributed by atoms with Crippen LogP contribution in [-0.4, -0.2) is 15.0 Å². The second-order valence-corrected chi connectivity index (χ2v) is 12.0. The number of nitrogens with zero attached hydrogens (tertiary/aromatic N) is 3. The van der Waals surface area contributed by atoms with Gasteiger partial charge in [0.05, 0.1) is 0 Å². The van der Waals surface area contributed by atoms with E-state index in [4.69, 9.17) is 23.8 Å². The highest BCUT2D eigenvalue weighted by molar-refractivity contribution is 6.19. The lowest BCUT2D eigenvalue weighted by Crippen LogP contribution is -2.00. The predicted molar refractivity (Wildman–Crippen MR) is 194 cm³/mol. The Bertz CT molecular complexity index is 2780. The molecule has 0 fully saturated rings. The molecule has 0 saturated carbocycles. The van der Waals surface area contributed by atoms with E-state index in [1.165, 1.54) is 0 Å². The first-order chi connectivity index (χ1) is 23.8. The Morgan fingerprint density at radius 2 is 0.958 bits per heavy atom. The highest BCUT2D eigenvalue weighted by Gasteiger charge is 2.21. The molecule has 224 valence electrons.